The fourth-order valence-corrected chi connectivity index (χ4v) is 1.79. The molecule has 2 heterocycles. The molecule has 212 valence electrons. The molecule has 7 nitrogen and oxygen atoms in total. The van der Waals surface area contributed by atoms with Gasteiger partial charge < -0.3 is 16.0 Å². The van der Waals surface area contributed by atoms with Crippen LogP contribution in [0.25, 0.3) is 0 Å². The first kappa shape index (κ1) is 39.6. The van der Waals surface area contributed by atoms with Crippen LogP contribution in [0.2, 0.25) is 0 Å². The van der Waals surface area contributed by atoms with Crippen molar-refractivity contribution in [2.24, 2.45) is 10.8 Å². The van der Waals surface area contributed by atoms with Crippen LogP contribution in [0.1, 0.15) is 62.3 Å². The Morgan fingerprint density at radius 2 is 1.14 bits per heavy atom. The van der Waals surface area contributed by atoms with Crippen LogP contribution < -0.4 is 11.1 Å². The quantitative estimate of drug-likeness (QED) is 0.292. The van der Waals surface area contributed by atoms with Crippen LogP contribution in [-0.4, -0.2) is 51.0 Å². The average molecular weight is 579 g/mol. The summed E-state index contributed by atoms with van der Waals surface area (Å²) < 4.78 is 0. The number of carbonyl (C=O) groups is 2. The van der Waals surface area contributed by atoms with E-state index >= 15 is 0 Å². The zero-order chi connectivity index (χ0) is 29.5. The number of carbonyl (C=O) groups excluding carboxylic acids is 2. The second-order valence-corrected chi connectivity index (χ2v) is 10.6. The molecule has 0 aliphatic rings. The number of nitrogen functional groups attached to an aromatic ring is 1. The Hall–Kier alpha value is -1.93. The lowest BCUT2D eigenvalue weighted by Gasteiger charge is -2.17. The fourth-order valence-electron chi connectivity index (χ4n) is 1.79. The fraction of sp³-hybridized carbons (Fsp3) is 0.556. The number of nitrogens with zero attached hydrogens (tertiary/aromatic N) is 3. The molecule has 0 bridgehead atoms. The van der Waals surface area contributed by atoms with Crippen molar-refractivity contribution < 1.29 is 9.59 Å². The highest BCUT2D eigenvalue weighted by atomic mass is 35.5. The second kappa shape index (κ2) is 23.2. The van der Waals surface area contributed by atoms with Gasteiger partial charge in [0.15, 0.2) is 0 Å². The number of nitrogens with two attached hydrogens (primary N) is 1. The number of pyridine rings is 2. The first-order valence-corrected chi connectivity index (χ1v) is 13.5. The monoisotopic (exact) mass is 577 g/mol. The molecule has 0 radical (unpaired) electrons. The molecule has 10 heteroatoms. The first-order chi connectivity index (χ1) is 17.1. The van der Waals surface area contributed by atoms with Crippen molar-refractivity contribution in [2.75, 3.05) is 36.0 Å². The number of hydrogen-bond acceptors (Lipinski definition) is 6. The van der Waals surface area contributed by atoms with Gasteiger partial charge in [-0.25, -0.2) is 0 Å². The third-order valence-corrected chi connectivity index (χ3v) is 4.82. The number of halogens is 3. The van der Waals surface area contributed by atoms with Gasteiger partial charge in [0.1, 0.15) is 0 Å². The van der Waals surface area contributed by atoms with E-state index in [1.165, 1.54) is 19.6 Å². The maximum atomic E-state index is 11.5. The number of alkyl halides is 2. The van der Waals surface area contributed by atoms with Gasteiger partial charge in [-0.05, 0) is 55.5 Å². The maximum absolute atomic E-state index is 11.5. The van der Waals surface area contributed by atoms with Crippen LogP contribution in [0.5, 0.6) is 0 Å². The van der Waals surface area contributed by atoms with Crippen molar-refractivity contribution in [3.05, 3.63) is 49.1 Å². The molecular weight excluding hydrogens is 533 g/mol. The van der Waals surface area contributed by atoms with Crippen molar-refractivity contribution in [3.63, 3.8) is 0 Å². The Kier molecular flexibility index (Phi) is 24.8. The van der Waals surface area contributed by atoms with Crippen LogP contribution in [0.3, 0.4) is 0 Å². The molecule has 0 spiro atoms. The molecule has 2 rings (SSSR count). The molecule has 0 aliphatic carbocycles. The SMILES string of the molecule is CC(C)(C)C(=O)Cl.CC(C)(C)C(=O)Nc1ccncc1.CCN(CC)CC.ClCCl.Nc1ccncc1. The maximum Gasteiger partial charge on any atom is 0.229 e. The lowest BCUT2D eigenvalue weighted by atomic mass is 9.95. The molecule has 37 heavy (non-hydrogen) atoms. The van der Waals surface area contributed by atoms with Crippen LogP contribution in [0.4, 0.5) is 11.4 Å². The van der Waals surface area contributed by atoms with E-state index in [9.17, 15) is 9.59 Å². The minimum atomic E-state index is -0.373. The molecule has 2 aromatic heterocycles. The van der Waals surface area contributed by atoms with E-state index < -0.39 is 0 Å². The molecule has 1 amide bonds. The molecule has 0 saturated heterocycles. The number of anilines is 2. The summed E-state index contributed by atoms with van der Waals surface area (Å²) in [5.41, 5.74) is 6.13. The predicted octanol–water partition coefficient (Wildman–Crippen LogP) is 7.30. The Bertz CT molecular complexity index is 803. The van der Waals surface area contributed by atoms with E-state index in [4.69, 9.17) is 40.5 Å². The Morgan fingerprint density at radius 3 is 1.32 bits per heavy atom. The summed E-state index contributed by atoms with van der Waals surface area (Å²) >= 11 is 14.6. The summed E-state index contributed by atoms with van der Waals surface area (Å²) in [6.07, 6.45) is 6.63. The second-order valence-electron chi connectivity index (χ2n) is 9.46. The molecule has 2 aromatic rings. The summed E-state index contributed by atoms with van der Waals surface area (Å²) in [5, 5.41) is 2.71. The van der Waals surface area contributed by atoms with Crippen molar-refractivity contribution >= 4 is 57.3 Å². The van der Waals surface area contributed by atoms with Gasteiger partial charge in [-0.2, -0.15) is 0 Å². The molecule has 0 fully saturated rings. The smallest absolute Gasteiger partial charge is 0.229 e. The van der Waals surface area contributed by atoms with Crippen LogP contribution in [0, 0.1) is 10.8 Å². The minimum absolute atomic E-state index is 0.0127. The summed E-state index contributed by atoms with van der Waals surface area (Å²) in [6, 6.07) is 7.04. The van der Waals surface area contributed by atoms with E-state index in [0.29, 0.717) is 0 Å². The van der Waals surface area contributed by atoms with Gasteiger partial charge in [-0.1, -0.05) is 62.3 Å². The number of hydrogen-bond donors (Lipinski definition) is 2. The van der Waals surface area contributed by atoms with Crippen LogP contribution in [-0.2, 0) is 9.59 Å². The minimum Gasteiger partial charge on any atom is -0.399 e. The average Bonchev–Trinajstić information content (AvgIpc) is 2.82. The number of aromatic nitrogens is 2. The molecular formula is C27H46Cl3N5O2. The number of amides is 1. The summed E-state index contributed by atoms with van der Waals surface area (Å²) in [6.45, 7) is 21.1. The van der Waals surface area contributed by atoms with Gasteiger partial charge in [0.2, 0.25) is 11.1 Å². The number of nitrogens with one attached hydrogen (secondary N) is 1. The first-order valence-electron chi connectivity index (χ1n) is 12.0. The third-order valence-electron chi connectivity index (χ3n) is 4.26. The van der Waals surface area contributed by atoms with Crippen molar-refractivity contribution in [1.82, 2.24) is 14.9 Å². The van der Waals surface area contributed by atoms with Crippen LogP contribution >= 0.6 is 34.8 Å². The van der Waals surface area contributed by atoms with Crippen molar-refractivity contribution in [1.29, 1.82) is 0 Å². The Balaban J connectivity index is -0.000000419. The highest BCUT2D eigenvalue weighted by molar-refractivity contribution is 6.64. The lowest BCUT2D eigenvalue weighted by molar-refractivity contribution is -0.123. The normalized spacial score (nSPS) is 10.1. The highest BCUT2D eigenvalue weighted by Crippen LogP contribution is 2.16. The summed E-state index contributed by atoms with van der Waals surface area (Å²) in [7, 11) is 0. The standard InChI is InChI=1S/C10H14N2O.C6H15N.C5H9ClO.C5H6N2.CH2Cl2/c1-10(2,3)9(13)12-8-4-6-11-7-5-8;1-4-7(5-2)6-3;1-5(2,3)4(6)7;6-5-1-3-7-4-2-5;2-1-3/h4-7H,1-3H3,(H,11,12,13);4-6H2,1-3H3;1-3H3;1-4H,(H2,6,7);1H2. The van der Waals surface area contributed by atoms with E-state index in [1.807, 2.05) is 20.8 Å². The molecule has 0 unspecified atom stereocenters. The molecule has 0 saturated carbocycles. The van der Waals surface area contributed by atoms with Gasteiger partial charge in [0.05, 0.1) is 5.34 Å². The van der Waals surface area contributed by atoms with Gasteiger partial charge in [-0.3, -0.25) is 19.6 Å². The van der Waals surface area contributed by atoms with Gasteiger partial charge in [0.25, 0.3) is 0 Å². The van der Waals surface area contributed by atoms with E-state index in [2.05, 4.69) is 41.0 Å². The molecule has 3 N–H and O–H groups in total. The van der Waals surface area contributed by atoms with Crippen LogP contribution in [0.15, 0.2) is 49.1 Å². The lowest BCUT2D eigenvalue weighted by Crippen LogP contribution is -2.27. The van der Waals surface area contributed by atoms with Crippen molar-refractivity contribution in [3.8, 4) is 0 Å². The third kappa shape index (κ3) is 26.9. The van der Waals surface area contributed by atoms with Crippen molar-refractivity contribution in [2.45, 2.75) is 62.3 Å². The molecule has 0 aromatic carbocycles. The van der Waals surface area contributed by atoms with Gasteiger partial charge in [-0.15, -0.1) is 23.2 Å². The van der Waals surface area contributed by atoms with E-state index in [-0.39, 0.29) is 27.3 Å². The molecule has 0 atom stereocenters. The summed E-state index contributed by atoms with van der Waals surface area (Å²) in [4.78, 5) is 31.7. The van der Waals surface area contributed by atoms with E-state index in [0.717, 1.165) is 11.4 Å². The Morgan fingerprint density at radius 1 is 0.811 bits per heavy atom. The predicted molar refractivity (Wildman–Crippen MR) is 161 cm³/mol. The zero-order valence-electron chi connectivity index (χ0n) is 23.8. The van der Waals surface area contributed by atoms with Gasteiger partial charge >= 0.3 is 0 Å². The highest BCUT2D eigenvalue weighted by Gasteiger charge is 2.20. The number of rotatable bonds is 4. The Labute approximate surface area is 239 Å². The topological polar surface area (TPSA) is 101 Å². The summed E-state index contributed by atoms with van der Waals surface area (Å²) in [5.74, 6) is 0.0127. The molecule has 0 aliphatic heterocycles. The van der Waals surface area contributed by atoms with E-state index in [1.54, 1.807) is 69.8 Å². The zero-order valence-corrected chi connectivity index (χ0v) is 26.1. The van der Waals surface area contributed by atoms with Gasteiger partial charge in [0, 0.05) is 47.0 Å². The largest absolute Gasteiger partial charge is 0.399 e.